The number of phenolic OH excluding ortho intramolecular Hbond substituents is 1. The van der Waals surface area contributed by atoms with Crippen LogP contribution in [0.2, 0.25) is 15.1 Å². The van der Waals surface area contributed by atoms with E-state index in [1.54, 1.807) is 0 Å². The second-order valence-corrected chi connectivity index (χ2v) is 18.3. The quantitative estimate of drug-likeness (QED) is 0.441. The molecule has 0 aliphatic heterocycles. The lowest BCUT2D eigenvalue weighted by molar-refractivity contribution is 0.468. The zero-order valence-corrected chi connectivity index (χ0v) is 19.3. The number of benzene rings is 1. The van der Waals surface area contributed by atoms with E-state index in [1.165, 1.54) is 10.3 Å². The van der Waals surface area contributed by atoms with Crippen molar-refractivity contribution in [3.8, 4) is 5.75 Å². The Morgan fingerprint density at radius 2 is 1.33 bits per heavy atom. The van der Waals surface area contributed by atoms with Crippen LogP contribution in [0, 0.1) is 0 Å². The van der Waals surface area contributed by atoms with Gasteiger partial charge in [-0.05, 0) is 50.7 Å². The Bertz CT molecular complexity index is 523. The van der Waals surface area contributed by atoms with Crippen LogP contribution >= 0.6 is 11.8 Å². The third-order valence-corrected chi connectivity index (χ3v) is 16.3. The molecule has 1 aromatic carbocycles. The molecule has 0 spiro atoms. The first kappa shape index (κ1) is 21.6. The summed E-state index contributed by atoms with van der Waals surface area (Å²) in [6.45, 7) is 24.1. The molecule has 24 heavy (non-hydrogen) atoms. The van der Waals surface area contributed by atoms with Gasteiger partial charge in [-0.3, -0.25) is 0 Å². The summed E-state index contributed by atoms with van der Waals surface area (Å²) in [4.78, 5) is 1.29. The average Bonchev–Trinajstić information content (AvgIpc) is 2.36. The van der Waals surface area contributed by atoms with Crippen molar-refractivity contribution >= 4 is 19.8 Å². The minimum absolute atomic E-state index is 0.320. The fourth-order valence-corrected chi connectivity index (χ4v) is 19.0. The lowest BCUT2D eigenvalue weighted by Gasteiger charge is -2.59. The Labute approximate surface area is 155 Å². The minimum Gasteiger partial charge on any atom is -0.508 e. The van der Waals surface area contributed by atoms with Gasteiger partial charge in [0.1, 0.15) is 5.75 Å². The highest BCUT2D eigenvalue weighted by atomic mass is 32.2. The van der Waals surface area contributed by atoms with Crippen molar-refractivity contribution in [2.24, 2.45) is 0 Å². The second-order valence-electron chi connectivity index (χ2n) is 10.1. The molecule has 1 rings (SSSR count). The first-order valence-electron chi connectivity index (χ1n) is 9.12. The van der Waals surface area contributed by atoms with Crippen molar-refractivity contribution in [3.63, 3.8) is 0 Å². The summed E-state index contributed by atoms with van der Waals surface area (Å²) in [5.41, 5.74) is 1.05. The van der Waals surface area contributed by atoms with Gasteiger partial charge < -0.3 is 5.11 Å². The first-order valence-corrected chi connectivity index (χ1v) is 12.3. The molecule has 138 valence electrons. The molecule has 0 aromatic heterocycles. The molecule has 0 atom stereocenters. The molecule has 1 aromatic rings. The lowest BCUT2D eigenvalue weighted by atomic mass is 10.1. The molecular formula is C21H38OSSi. The van der Waals surface area contributed by atoms with Gasteiger partial charge >= 0.3 is 0 Å². The lowest BCUT2D eigenvalue weighted by Crippen LogP contribution is -2.60. The van der Waals surface area contributed by atoms with Crippen LogP contribution in [0.15, 0.2) is 23.1 Å². The number of aryl methyl sites for hydroxylation is 1. The SMILES string of the molecule is CCc1cc(SC[Si](C(C)(C)C)(C(C)(C)C)C(C)(C)C)ccc1O. The molecule has 0 unspecified atom stereocenters. The molecule has 0 heterocycles. The third kappa shape index (κ3) is 4.04. The molecule has 3 heteroatoms. The van der Waals surface area contributed by atoms with Gasteiger partial charge in [-0.25, -0.2) is 0 Å². The average molecular weight is 367 g/mol. The fourth-order valence-electron chi connectivity index (χ4n) is 5.15. The van der Waals surface area contributed by atoms with Crippen LogP contribution < -0.4 is 0 Å². The molecule has 0 radical (unpaired) electrons. The highest BCUT2D eigenvalue weighted by Gasteiger charge is 2.59. The zero-order chi connectivity index (χ0) is 19.0. The summed E-state index contributed by atoms with van der Waals surface area (Å²) in [7, 11) is -1.72. The molecule has 1 N–H and O–H groups in total. The normalized spacial score (nSPS) is 14.1. The van der Waals surface area contributed by atoms with E-state index in [1.807, 2.05) is 17.8 Å². The second kappa shape index (κ2) is 7.07. The number of hydrogen-bond acceptors (Lipinski definition) is 2. The fraction of sp³-hybridized carbons (Fsp3) is 0.714. The Balaban J connectivity index is 3.29. The van der Waals surface area contributed by atoms with Gasteiger partial charge in [-0.1, -0.05) is 69.2 Å². The first-order chi connectivity index (χ1) is 10.7. The van der Waals surface area contributed by atoms with Crippen LogP contribution in [-0.4, -0.2) is 18.6 Å². The van der Waals surface area contributed by atoms with E-state index < -0.39 is 8.07 Å². The summed E-state index contributed by atoms with van der Waals surface area (Å²) >= 11 is 2.00. The number of rotatable bonds is 4. The highest BCUT2D eigenvalue weighted by Crippen LogP contribution is 2.63. The summed E-state index contributed by atoms with van der Waals surface area (Å²) in [5, 5.41) is 12.1. The van der Waals surface area contributed by atoms with E-state index in [0.717, 1.165) is 12.0 Å². The molecule has 0 fully saturated rings. The standard InChI is InChI=1S/C21H38OSSi/c1-11-16-14-17(12-13-18(16)22)23-15-24(19(2,3)4,20(5,6)7)21(8,9)10/h12-14,22H,11,15H2,1-10H3. The van der Waals surface area contributed by atoms with Gasteiger partial charge in [0.25, 0.3) is 0 Å². The Hall–Kier alpha value is -0.413. The van der Waals surface area contributed by atoms with Gasteiger partial charge in [0.05, 0.1) is 8.07 Å². The molecular weight excluding hydrogens is 328 g/mol. The van der Waals surface area contributed by atoms with Gasteiger partial charge in [-0.15, -0.1) is 11.8 Å². The molecule has 0 saturated carbocycles. The van der Waals surface area contributed by atoms with Crippen LogP contribution in [-0.2, 0) is 6.42 Å². The largest absolute Gasteiger partial charge is 0.508 e. The van der Waals surface area contributed by atoms with Crippen LogP contribution in [0.4, 0.5) is 0 Å². The van der Waals surface area contributed by atoms with E-state index in [2.05, 4.69) is 81.4 Å². The van der Waals surface area contributed by atoms with Crippen molar-refractivity contribution < 1.29 is 5.11 Å². The molecule has 0 amide bonds. The zero-order valence-electron chi connectivity index (χ0n) is 17.5. The molecule has 0 aliphatic carbocycles. The van der Waals surface area contributed by atoms with Gasteiger partial charge in [0.15, 0.2) is 0 Å². The maximum Gasteiger partial charge on any atom is 0.118 e. The van der Waals surface area contributed by atoms with E-state index in [9.17, 15) is 5.11 Å². The Morgan fingerprint density at radius 3 is 1.71 bits per heavy atom. The van der Waals surface area contributed by atoms with Crippen LogP contribution in [0.1, 0.15) is 74.8 Å². The van der Waals surface area contributed by atoms with Crippen LogP contribution in [0.5, 0.6) is 5.75 Å². The van der Waals surface area contributed by atoms with Crippen LogP contribution in [0.25, 0.3) is 0 Å². The Morgan fingerprint density at radius 1 is 0.875 bits per heavy atom. The number of hydrogen-bond donors (Lipinski definition) is 1. The summed E-state index contributed by atoms with van der Waals surface area (Å²) < 4.78 is 0. The van der Waals surface area contributed by atoms with Gasteiger partial charge in [0, 0.05) is 4.90 Å². The molecule has 0 saturated heterocycles. The Kier molecular flexibility index (Phi) is 6.37. The predicted octanol–water partition coefficient (Wildman–Crippen LogP) is 7.44. The smallest absolute Gasteiger partial charge is 0.118 e. The third-order valence-electron chi connectivity index (χ3n) is 5.73. The maximum absolute atomic E-state index is 9.95. The van der Waals surface area contributed by atoms with Crippen molar-refractivity contribution in [2.45, 2.75) is 95.7 Å². The number of thioether (sulfide) groups is 1. The molecule has 1 nitrogen and oxygen atoms in total. The molecule has 0 bridgehead atoms. The van der Waals surface area contributed by atoms with Gasteiger partial charge in [-0.2, -0.15) is 0 Å². The number of phenols is 1. The monoisotopic (exact) mass is 366 g/mol. The maximum atomic E-state index is 9.95. The van der Waals surface area contributed by atoms with Crippen molar-refractivity contribution in [2.75, 3.05) is 5.38 Å². The van der Waals surface area contributed by atoms with Crippen molar-refractivity contribution in [1.82, 2.24) is 0 Å². The van der Waals surface area contributed by atoms with E-state index >= 15 is 0 Å². The number of aromatic hydroxyl groups is 1. The summed E-state index contributed by atoms with van der Waals surface area (Å²) in [6.07, 6.45) is 0.876. The van der Waals surface area contributed by atoms with E-state index in [-0.39, 0.29) is 0 Å². The van der Waals surface area contributed by atoms with Crippen LogP contribution in [0.3, 0.4) is 0 Å². The topological polar surface area (TPSA) is 20.2 Å². The molecule has 0 aliphatic rings. The predicted molar refractivity (Wildman–Crippen MR) is 113 cm³/mol. The summed E-state index contributed by atoms with van der Waals surface area (Å²) in [5.74, 6) is 0.424. The van der Waals surface area contributed by atoms with E-state index in [0.29, 0.717) is 20.9 Å². The highest BCUT2D eigenvalue weighted by molar-refractivity contribution is 8.01. The van der Waals surface area contributed by atoms with Crippen molar-refractivity contribution in [1.29, 1.82) is 0 Å². The summed E-state index contributed by atoms with van der Waals surface area (Å²) in [6, 6.07) is 6.11. The van der Waals surface area contributed by atoms with Crippen molar-refractivity contribution in [3.05, 3.63) is 23.8 Å². The van der Waals surface area contributed by atoms with Gasteiger partial charge in [0.2, 0.25) is 0 Å². The van der Waals surface area contributed by atoms with E-state index in [4.69, 9.17) is 0 Å². The minimum atomic E-state index is -1.72.